The normalized spacial score (nSPS) is 29.5. The van der Waals surface area contributed by atoms with E-state index in [-0.39, 0.29) is 11.8 Å². The molecule has 3 atom stereocenters. The minimum absolute atomic E-state index is 0.278. The number of carbonyl (C=O) groups excluding carboxylic acids is 2. The number of piperidine rings is 1. The van der Waals surface area contributed by atoms with Gasteiger partial charge in [-0.15, -0.1) is 0 Å². The maximum absolute atomic E-state index is 12.6. The number of carbonyl (C=O) groups is 2. The van der Waals surface area contributed by atoms with Crippen LogP contribution in [0.3, 0.4) is 0 Å². The van der Waals surface area contributed by atoms with E-state index in [2.05, 4.69) is 0 Å². The van der Waals surface area contributed by atoms with E-state index in [0.717, 1.165) is 5.56 Å². The molecular weight excluding hydrogens is 286 g/mol. The van der Waals surface area contributed by atoms with Gasteiger partial charge < -0.3 is 19.1 Å². The van der Waals surface area contributed by atoms with Crippen molar-refractivity contribution in [2.24, 2.45) is 5.92 Å². The third kappa shape index (κ3) is 1.94. The molecular formula is C16H19NO5. The highest BCUT2D eigenvalue weighted by atomic mass is 16.5. The first-order valence-corrected chi connectivity index (χ1v) is 7.13. The zero-order valence-corrected chi connectivity index (χ0v) is 13.1. The number of rotatable bonds is 2. The summed E-state index contributed by atoms with van der Waals surface area (Å²) in [6.07, 6.45) is 0.537. The number of methoxy groups -OCH3 is 2. The van der Waals surface area contributed by atoms with Gasteiger partial charge in [0.15, 0.2) is 5.72 Å². The van der Waals surface area contributed by atoms with Crippen LogP contribution in [-0.2, 0) is 14.3 Å². The summed E-state index contributed by atoms with van der Waals surface area (Å²) in [4.78, 5) is 26.3. The minimum Gasteiger partial charge on any atom is -0.497 e. The summed E-state index contributed by atoms with van der Waals surface area (Å²) in [5.41, 5.74) is 0.0575. The van der Waals surface area contributed by atoms with Gasteiger partial charge in [-0.3, -0.25) is 9.59 Å². The van der Waals surface area contributed by atoms with E-state index < -0.39 is 17.6 Å². The largest absolute Gasteiger partial charge is 0.497 e. The standard InChI is InChI=1S/C16H19NO5/c1-16-8-11(13(15(19)21-4)14(18)17(16)2)10-7-9(20-3)5-6-12(10)22-16/h5-7,11,13H,8H2,1-4H3. The zero-order chi connectivity index (χ0) is 16.1. The Bertz CT molecular complexity index is 643. The topological polar surface area (TPSA) is 65.1 Å². The van der Waals surface area contributed by atoms with Gasteiger partial charge in [-0.25, -0.2) is 0 Å². The van der Waals surface area contributed by atoms with Gasteiger partial charge in [0.1, 0.15) is 17.4 Å². The molecule has 0 spiro atoms. The van der Waals surface area contributed by atoms with E-state index in [9.17, 15) is 9.59 Å². The van der Waals surface area contributed by atoms with Gasteiger partial charge in [0.05, 0.1) is 14.2 Å². The van der Waals surface area contributed by atoms with Crippen LogP contribution in [0.15, 0.2) is 18.2 Å². The number of benzene rings is 1. The molecule has 0 aliphatic carbocycles. The van der Waals surface area contributed by atoms with Crippen molar-refractivity contribution < 1.29 is 23.8 Å². The Morgan fingerprint density at radius 1 is 1.41 bits per heavy atom. The van der Waals surface area contributed by atoms with Gasteiger partial charge in [-0.05, 0) is 25.1 Å². The molecule has 0 aromatic heterocycles. The molecule has 2 aliphatic rings. The highest BCUT2D eigenvalue weighted by molar-refractivity contribution is 6.00. The van der Waals surface area contributed by atoms with Crippen molar-refractivity contribution in [3.05, 3.63) is 23.8 Å². The molecule has 3 unspecified atom stereocenters. The van der Waals surface area contributed by atoms with Crippen LogP contribution in [0, 0.1) is 5.92 Å². The van der Waals surface area contributed by atoms with E-state index in [1.807, 2.05) is 19.1 Å². The molecule has 0 radical (unpaired) electrons. The molecule has 1 amide bonds. The summed E-state index contributed by atoms with van der Waals surface area (Å²) in [6.45, 7) is 1.86. The molecule has 22 heavy (non-hydrogen) atoms. The maximum Gasteiger partial charge on any atom is 0.318 e. The number of esters is 1. The molecule has 0 saturated carbocycles. The quantitative estimate of drug-likeness (QED) is 0.612. The molecule has 6 heteroatoms. The second-order valence-electron chi connectivity index (χ2n) is 5.89. The average molecular weight is 305 g/mol. The first-order chi connectivity index (χ1) is 10.4. The Labute approximate surface area is 128 Å². The van der Waals surface area contributed by atoms with Crippen molar-refractivity contribution >= 4 is 11.9 Å². The summed E-state index contributed by atoms with van der Waals surface area (Å²) in [5, 5.41) is 0. The molecule has 2 bridgehead atoms. The summed E-state index contributed by atoms with van der Waals surface area (Å²) in [5.74, 6) is -0.579. The van der Waals surface area contributed by atoms with Crippen LogP contribution in [0.5, 0.6) is 11.5 Å². The fourth-order valence-electron chi connectivity index (χ4n) is 3.34. The van der Waals surface area contributed by atoms with Gasteiger partial charge in [0.2, 0.25) is 5.91 Å². The predicted molar refractivity (Wildman–Crippen MR) is 77.7 cm³/mol. The third-order valence-electron chi connectivity index (χ3n) is 4.71. The second-order valence-corrected chi connectivity index (χ2v) is 5.89. The lowest BCUT2D eigenvalue weighted by molar-refractivity contribution is -0.177. The SMILES string of the molecule is COC(=O)C1C(=O)N(C)C2(C)CC1c1cc(OC)ccc1O2. The molecule has 1 aromatic carbocycles. The van der Waals surface area contributed by atoms with Crippen LogP contribution >= 0.6 is 0 Å². The van der Waals surface area contributed by atoms with Crippen LogP contribution in [0.4, 0.5) is 0 Å². The highest BCUT2D eigenvalue weighted by Gasteiger charge is 2.55. The lowest BCUT2D eigenvalue weighted by Crippen LogP contribution is -2.62. The van der Waals surface area contributed by atoms with Crippen LogP contribution in [0.25, 0.3) is 0 Å². The van der Waals surface area contributed by atoms with Gasteiger partial charge in [-0.2, -0.15) is 0 Å². The predicted octanol–water partition coefficient (Wildman–Crippen LogP) is 1.54. The lowest BCUT2D eigenvalue weighted by Gasteiger charge is -2.51. The number of nitrogens with zero attached hydrogens (tertiary/aromatic N) is 1. The highest BCUT2D eigenvalue weighted by Crippen LogP contribution is 2.50. The van der Waals surface area contributed by atoms with Crippen molar-refractivity contribution in [3.63, 3.8) is 0 Å². The van der Waals surface area contributed by atoms with E-state index in [0.29, 0.717) is 17.9 Å². The molecule has 1 aromatic rings. The summed E-state index contributed by atoms with van der Waals surface area (Å²) < 4.78 is 16.1. The summed E-state index contributed by atoms with van der Waals surface area (Å²) >= 11 is 0. The fraction of sp³-hybridized carbons (Fsp3) is 0.500. The van der Waals surface area contributed by atoms with Gasteiger partial charge in [0.25, 0.3) is 0 Å². The average Bonchev–Trinajstić information content (AvgIpc) is 2.52. The summed E-state index contributed by atoms with van der Waals surface area (Å²) in [6, 6.07) is 5.45. The molecule has 2 aliphatic heterocycles. The van der Waals surface area contributed by atoms with Crippen molar-refractivity contribution in [3.8, 4) is 11.5 Å². The van der Waals surface area contributed by atoms with E-state index in [1.54, 1.807) is 20.2 Å². The zero-order valence-electron chi connectivity index (χ0n) is 13.1. The van der Waals surface area contributed by atoms with E-state index >= 15 is 0 Å². The van der Waals surface area contributed by atoms with Crippen molar-refractivity contribution in [2.75, 3.05) is 21.3 Å². The van der Waals surface area contributed by atoms with Crippen LogP contribution in [0.1, 0.15) is 24.8 Å². The van der Waals surface area contributed by atoms with Crippen molar-refractivity contribution in [2.45, 2.75) is 25.0 Å². The van der Waals surface area contributed by atoms with E-state index in [1.165, 1.54) is 12.0 Å². The first-order valence-electron chi connectivity index (χ1n) is 7.13. The third-order valence-corrected chi connectivity index (χ3v) is 4.71. The number of hydrogen-bond donors (Lipinski definition) is 0. The minimum atomic E-state index is -0.849. The van der Waals surface area contributed by atoms with Crippen molar-refractivity contribution in [1.82, 2.24) is 4.90 Å². The Morgan fingerprint density at radius 3 is 2.77 bits per heavy atom. The molecule has 3 rings (SSSR count). The second kappa shape index (κ2) is 4.90. The number of hydrogen-bond acceptors (Lipinski definition) is 5. The monoisotopic (exact) mass is 305 g/mol. The smallest absolute Gasteiger partial charge is 0.318 e. The van der Waals surface area contributed by atoms with Gasteiger partial charge >= 0.3 is 5.97 Å². The lowest BCUT2D eigenvalue weighted by atomic mass is 9.74. The first kappa shape index (κ1) is 14.7. The van der Waals surface area contributed by atoms with E-state index in [4.69, 9.17) is 14.2 Å². The molecule has 118 valence electrons. The number of fused-ring (bicyclic) bond motifs is 4. The Kier molecular flexibility index (Phi) is 3.27. The Hall–Kier alpha value is -2.24. The van der Waals surface area contributed by atoms with Crippen molar-refractivity contribution in [1.29, 1.82) is 0 Å². The van der Waals surface area contributed by atoms with Crippen LogP contribution < -0.4 is 9.47 Å². The Morgan fingerprint density at radius 2 is 2.14 bits per heavy atom. The Balaban J connectivity index is 2.15. The number of amides is 1. The molecule has 6 nitrogen and oxygen atoms in total. The fourth-order valence-corrected chi connectivity index (χ4v) is 3.34. The molecule has 0 N–H and O–H groups in total. The van der Waals surface area contributed by atoms with Gasteiger partial charge in [-0.1, -0.05) is 0 Å². The summed E-state index contributed by atoms with van der Waals surface area (Å²) in [7, 11) is 4.53. The van der Waals surface area contributed by atoms with Gasteiger partial charge in [0, 0.05) is 24.9 Å². The maximum atomic E-state index is 12.6. The van der Waals surface area contributed by atoms with Crippen LogP contribution in [0.2, 0.25) is 0 Å². The van der Waals surface area contributed by atoms with Crippen LogP contribution in [-0.4, -0.2) is 43.8 Å². The number of ether oxygens (including phenoxy) is 3. The molecule has 1 fully saturated rings. The molecule has 1 saturated heterocycles. The number of likely N-dealkylation sites (tertiary alicyclic amines) is 1. The molecule has 2 heterocycles.